The number of para-hydroxylation sites is 1. The van der Waals surface area contributed by atoms with E-state index in [1.807, 2.05) is 54.3 Å². The second-order valence-electron chi connectivity index (χ2n) is 6.52. The first-order valence-electron chi connectivity index (χ1n) is 9.08. The van der Waals surface area contributed by atoms with Gasteiger partial charge in [-0.05, 0) is 31.9 Å². The Bertz CT molecular complexity index is 899. The maximum absolute atomic E-state index is 13.1. The third-order valence-corrected chi connectivity index (χ3v) is 5.01. The molecule has 0 fully saturated rings. The zero-order valence-electron chi connectivity index (χ0n) is 15.6. The summed E-state index contributed by atoms with van der Waals surface area (Å²) in [5, 5.41) is 20.0. The lowest BCUT2D eigenvalue weighted by Gasteiger charge is -2.45. The molecular weight excluding hydrogens is 338 g/mol. The predicted molar refractivity (Wildman–Crippen MR) is 103 cm³/mol. The fraction of sp³-hybridized carbons (Fsp3) is 0.273. The van der Waals surface area contributed by atoms with Crippen molar-refractivity contribution in [2.24, 2.45) is 0 Å². The Balaban J connectivity index is 2.04. The van der Waals surface area contributed by atoms with Gasteiger partial charge in [-0.3, -0.25) is 4.79 Å². The lowest BCUT2D eigenvalue weighted by molar-refractivity contribution is -0.135. The molecule has 3 rings (SSSR count). The van der Waals surface area contributed by atoms with E-state index in [0.29, 0.717) is 30.8 Å². The summed E-state index contributed by atoms with van der Waals surface area (Å²) in [4.78, 5) is 16.8. The van der Waals surface area contributed by atoms with Crippen LogP contribution in [0.15, 0.2) is 65.9 Å². The highest BCUT2D eigenvalue weighted by atomic mass is 16.3. The predicted octanol–water partition coefficient (Wildman–Crippen LogP) is 3.60. The van der Waals surface area contributed by atoms with Gasteiger partial charge in [0.1, 0.15) is 23.6 Å². The molecule has 0 aliphatic carbocycles. The first-order chi connectivity index (χ1) is 13.1. The van der Waals surface area contributed by atoms with E-state index in [-0.39, 0.29) is 17.2 Å². The number of phenolic OH excluding ortho intramolecular Hbond substituents is 1. The van der Waals surface area contributed by atoms with E-state index >= 15 is 0 Å². The number of rotatable bonds is 5. The van der Waals surface area contributed by atoms with Crippen LogP contribution in [0.1, 0.15) is 31.1 Å². The molecule has 0 saturated carbocycles. The number of carbonyl (C=O) groups excluding carboxylic acids is 1. The molecule has 0 radical (unpaired) electrons. The van der Waals surface area contributed by atoms with Crippen molar-refractivity contribution in [3.8, 4) is 11.8 Å². The molecular formula is C22H23N3O2. The monoisotopic (exact) mass is 361 g/mol. The van der Waals surface area contributed by atoms with Crippen LogP contribution in [0.4, 0.5) is 0 Å². The van der Waals surface area contributed by atoms with Crippen LogP contribution in [0.5, 0.6) is 5.75 Å². The van der Waals surface area contributed by atoms with Crippen LogP contribution >= 0.6 is 0 Å². The molecule has 5 heteroatoms. The summed E-state index contributed by atoms with van der Waals surface area (Å²) in [7, 11) is 0. The van der Waals surface area contributed by atoms with Gasteiger partial charge in [0.25, 0.3) is 5.91 Å². The average Bonchev–Trinajstić information content (AvgIpc) is 2.68. The van der Waals surface area contributed by atoms with Crippen molar-refractivity contribution < 1.29 is 9.90 Å². The zero-order chi connectivity index (χ0) is 19.4. The Morgan fingerprint density at radius 2 is 1.74 bits per heavy atom. The molecule has 0 aromatic heterocycles. The van der Waals surface area contributed by atoms with E-state index in [2.05, 4.69) is 6.07 Å². The normalized spacial score (nSPS) is 17.2. The minimum atomic E-state index is -0.440. The lowest BCUT2D eigenvalue weighted by Crippen LogP contribution is -2.49. The highest BCUT2D eigenvalue weighted by Gasteiger charge is 2.39. The van der Waals surface area contributed by atoms with Gasteiger partial charge in [0.2, 0.25) is 0 Å². The minimum Gasteiger partial charge on any atom is -0.508 e. The fourth-order valence-corrected chi connectivity index (χ4v) is 3.60. The van der Waals surface area contributed by atoms with E-state index < -0.39 is 6.17 Å². The molecule has 2 aromatic carbocycles. The summed E-state index contributed by atoms with van der Waals surface area (Å²) in [6.07, 6.45) is 0.232. The first kappa shape index (κ1) is 18.5. The third-order valence-electron chi connectivity index (χ3n) is 5.01. The van der Waals surface area contributed by atoms with Crippen molar-refractivity contribution >= 4 is 5.91 Å². The van der Waals surface area contributed by atoms with Gasteiger partial charge in [-0.2, -0.15) is 5.26 Å². The van der Waals surface area contributed by atoms with E-state index in [0.717, 1.165) is 5.56 Å². The summed E-state index contributed by atoms with van der Waals surface area (Å²) in [6, 6.07) is 19.1. The molecule has 1 amide bonds. The molecule has 0 saturated heterocycles. The van der Waals surface area contributed by atoms with Crippen molar-refractivity contribution in [2.75, 3.05) is 13.1 Å². The molecule has 2 aromatic rings. The van der Waals surface area contributed by atoms with E-state index in [9.17, 15) is 15.2 Å². The van der Waals surface area contributed by atoms with Crippen molar-refractivity contribution in [3.63, 3.8) is 0 Å². The molecule has 0 bridgehead atoms. The SMILES string of the molecule is CCN1C(C)=C(C#N)C(=O)N(CCc2ccccc2)C1c1ccccc1O. The Morgan fingerprint density at radius 3 is 2.37 bits per heavy atom. The molecule has 1 heterocycles. The number of nitriles is 1. The molecule has 1 N–H and O–H groups in total. The minimum absolute atomic E-state index is 0.145. The second-order valence-corrected chi connectivity index (χ2v) is 6.52. The molecule has 138 valence electrons. The topological polar surface area (TPSA) is 67.6 Å². The van der Waals surface area contributed by atoms with Gasteiger partial charge >= 0.3 is 0 Å². The summed E-state index contributed by atoms with van der Waals surface area (Å²) in [5.74, 6) is -0.143. The fourth-order valence-electron chi connectivity index (χ4n) is 3.60. The van der Waals surface area contributed by atoms with Crippen molar-refractivity contribution in [1.82, 2.24) is 9.80 Å². The molecule has 27 heavy (non-hydrogen) atoms. The Hall–Kier alpha value is -3.26. The van der Waals surface area contributed by atoms with E-state index in [1.165, 1.54) is 0 Å². The van der Waals surface area contributed by atoms with Crippen LogP contribution < -0.4 is 0 Å². The molecule has 1 aliphatic heterocycles. The lowest BCUT2D eigenvalue weighted by atomic mass is 10.0. The van der Waals surface area contributed by atoms with Crippen LogP contribution in [0.3, 0.4) is 0 Å². The van der Waals surface area contributed by atoms with Crippen molar-refractivity contribution in [1.29, 1.82) is 5.26 Å². The van der Waals surface area contributed by atoms with E-state index in [4.69, 9.17) is 0 Å². The Morgan fingerprint density at radius 1 is 1.07 bits per heavy atom. The Kier molecular flexibility index (Phi) is 5.46. The number of phenols is 1. The van der Waals surface area contributed by atoms with Crippen LogP contribution in [0, 0.1) is 11.3 Å². The third kappa shape index (κ3) is 3.52. The largest absolute Gasteiger partial charge is 0.508 e. The number of hydrogen-bond donors (Lipinski definition) is 1. The summed E-state index contributed by atoms with van der Waals surface area (Å²) < 4.78 is 0. The highest BCUT2D eigenvalue weighted by molar-refractivity contribution is 5.99. The van der Waals surface area contributed by atoms with Gasteiger partial charge in [0, 0.05) is 24.4 Å². The van der Waals surface area contributed by atoms with Crippen LogP contribution in [0.2, 0.25) is 0 Å². The Labute approximate surface area is 159 Å². The van der Waals surface area contributed by atoms with Gasteiger partial charge in [-0.25, -0.2) is 0 Å². The highest BCUT2D eigenvalue weighted by Crippen LogP contribution is 2.38. The van der Waals surface area contributed by atoms with Gasteiger partial charge in [-0.1, -0.05) is 48.5 Å². The number of allylic oxidation sites excluding steroid dienone is 1. The number of aromatic hydroxyl groups is 1. The number of nitrogens with zero attached hydrogens (tertiary/aromatic N) is 3. The smallest absolute Gasteiger partial charge is 0.268 e. The molecule has 1 aliphatic rings. The van der Waals surface area contributed by atoms with Gasteiger partial charge in [0.15, 0.2) is 0 Å². The maximum atomic E-state index is 13.1. The standard InChI is InChI=1S/C22H23N3O2/c1-3-24-16(2)19(15-23)22(27)25(14-13-17-9-5-4-6-10-17)21(24)18-11-7-8-12-20(18)26/h4-12,21,26H,3,13-14H2,1-2H3. The quantitative estimate of drug-likeness (QED) is 0.884. The second kappa shape index (κ2) is 7.96. The number of amides is 1. The van der Waals surface area contributed by atoms with Gasteiger partial charge in [-0.15, -0.1) is 0 Å². The maximum Gasteiger partial charge on any atom is 0.268 e. The summed E-state index contributed by atoms with van der Waals surface area (Å²) in [6.45, 7) is 4.85. The van der Waals surface area contributed by atoms with E-state index in [1.54, 1.807) is 24.0 Å². The van der Waals surface area contributed by atoms with Crippen LogP contribution in [0.25, 0.3) is 0 Å². The number of benzene rings is 2. The number of carbonyl (C=O) groups is 1. The van der Waals surface area contributed by atoms with Crippen molar-refractivity contribution in [2.45, 2.75) is 26.4 Å². The van der Waals surface area contributed by atoms with Crippen LogP contribution in [-0.2, 0) is 11.2 Å². The first-order valence-corrected chi connectivity index (χ1v) is 9.08. The van der Waals surface area contributed by atoms with Gasteiger partial charge < -0.3 is 14.9 Å². The molecule has 0 spiro atoms. The van der Waals surface area contributed by atoms with Gasteiger partial charge in [0.05, 0.1) is 0 Å². The average molecular weight is 361 g/mol. The van der Waals surface area contributed by atoms with Crippen LogP contribution in [-0.4, -0.2) is 33.9 Å². The molecule has 5 nitrogen and oxygen atoms in total. The zero-order valence-corrected chi connectivity index (χ0v) is 15.6. The molecule has 1 unspecified atom stereocenters. The number of hydrogen-bond acceptors (Lipinski definition) is 4. The summed E-state index contributed by atoms with van der Waals surface area (Å²) >= 11 is 0. The summed E-state index contributed by atoms with van der Waals surface area (Å²) in [5.41, 5.74) is 2.59. The van der Waals surface area contributed by atoms with Crippen molar-refractivity contribution in [3.05, 3.63) is 77.0 Å². The molecule has 1 atom stereocenters.